The van der Waals surface area contributed by atoms with Gasteiger partial charge in [-0.1, -0.05) is 43.7 Å². The van der Waals surface area contributed by atoms with E-state index in [1.54, 1.807) is 14.2 Å². The number of methoxy groups -OCH3 is 2. The van der Waals surface area contributed by atoms with Crippen LogP contribution in [0, 0.1) is 6.92 Å². The van der Waals surface area contributed by atoms with E-state index in [1.807, 2.05) is 64.1 Å². The van der Waals surface area contributed by atoms with Gasteiger partial charge in [-0.05, 0) is 20.9 Å². The van der Waals surface area contributed by atoms with E-state index in [0.29, 0.717) is 0 Å². The number of benzene rings is 1. The zero-order chi connectivity index (χ0) is 20.3. The first-order valence-electron chi connectivity index (χ1n) is 9.06. The lowest BCUT2D eigenvalue weighted by Crippen LogP contribution is -2.51. The van der Waals surface area contributed by atoms with Crippen molar-refractivity contribution in [3.05, 3.63) is 41.6 Å². The molecule has 1 aromatic carbocycles. The third-order valence-electron chi connectivity index (χ3n) is 4.17. The highest BCUT2D eigenvalue weighted by Crippen LogP contribution is 2.19. The van der Waals surface area contributed by atoms with E-state index in [-0.39, 0.29) is 6.04 Å². The Hall–Kier alpha value is -1.69. The molecule has 148 valence electrons. The van der Waals surface area contributed by atoms with Crippen LogP contribution in [0.25, 0.3) is 5.70 Å². The van der Waals surface area contributed by atoms with Gasteiger partial charge in [0, 0.05) is 59.3 Å². The molecule has 5 heteroatoms. The number of hydrogen-bond acceptors (Lipinski definition) is 5. The molecule has 1 aromatic rings. The van der Waals surface area contributed by atoms with Gasteiger partial charge in [-0.15, -0.1) is 0 Å². The Morgan fingerprint density at radius 2 is 1.58 bits per heavy atom. The van der Waals surface area contributed by atoms with Crippen molar-refractivity contribution < 1.29 is 9.47 Å². The Balaban J connectivity index is 0.00000301. The third kappa shape index (κ3) is 7.28. The number of ether oxygens (including phenoxy) is 2. The van der Waals surface area contributed by atoms with Crippen LogP contribution in [0.3, 0.4) is 0 Å². The van der Waals surface area contributed by atoms with Gasteiger partial charge in [0.1, 0.15) is 0 Å². The third-order valence-corrected chi connectivity index (χ3v) is 4.17. The van der Waals surface area contributed by atoms with Crippen molar-refractivity contribution in [1.82, 2.24) is 9.80 Å². The van der Waals surface area contributed by atoms with E-state index in [1.165, 1.54) is 5.56 Å². The van der Waals surface area contributed by atoms with Crippen LogP contribution in [-0.4, -0.2) is 63.3 Å². The fraction of sp³-hybridized carbons (Fsp3) is 0.571. The van der Waals surface area contributed by atoms with Crippen molar-refractivity contribution in [3.8, 4) is 0 Å². The van der Waals surface area contributed by atoms with Gasteiger partial charge in [-0.25, -0.2) is 4.90 Å². The molecule has 1 atom stereocenters. The quantitative estimate of drug-likeness (QED) is 0.511. The van der Waals surface area contributed by atoms with Gasteiger partial charge in [-0.2, -0.15) is 0 Å². The fourth-order valence-electron chi connectivity index (χ4n) is 2.18. The summed E-state index contributed by atoms with van der Waals surface area (Å²) in [5.41, 5.74) is 3.23. The van der Waals surface area contributed by atoms with E-state index in [2.05, 4.69) is 38.1 Å². The van der Waals surface area contributed by atoms with Crippen molar-refractivity contribution in [1.29, 1.82) is 0 Å². The molecule has 5 nitrogen and oxygen atoms in total. The molecule has 0 saturated carbocycles. The highest BCUT2D eigenvalue weighted by molar-refractivity contribution is 5.76. The second-order valence-corrected chi connectivity index (χ2v) is 6.28. The van der Waals surface area contributed by atoms with Gasteiger partial charge in [0.05, 0.1) is 5.70 Å². The van der Waals surface area contributed by atoms with Crippen LogP contribution in [0.4, 0.5) is 0 Å². The van der Waals surface area contributed by atoms with Crippen LogP contribution in [0.2, 0.25) is 0 Å². The summed E-state index contributed by atoms with van der Waals surface area (Å²) in [6.45, 7) is 10.0. The molecule has 0 aliphatic heterocycles. The summed E-state index contributed by atoms with van der Waals surface area (Å²) in [5.74, 6) is -0.791. The van der Waals surface area contributed by atoms with Gasteiger partial charge in [0.2, 0.25) is 5.91 Å². The topological polar surface area (TPSA) is 37.3 Å². The Labute approximate surface area is 160 Å². The lowest BCUT2D eigenvalue weighted by atomic mass is 10.1. The molecule has 0 amide bonds. The van der Waals surface area contributed by atoms with E-state index < -0.39 is 5.91 Å². The Kier molecular flexibility index (Phi) is 11.1. The average Bonchev–Trinajstić information content (AvgIpc) is 2.65. The van der Waals surface area contributed by atoms with Crippen LogP contribution in [-0.2, 0) is 9.47 Å². The van der Waals surface area contributed by atoms with Gasteiger partial charge < -0.3 is 14.4 Å². The zero-order valence-corrected chi connectivity index (χ0v) is 18.2. The maximum absolute atomic E-state index is 5.46. The number of aryl methyl sites for hydroxylation is 1. The predicted molar refractivity (Wildman–Crippen MR) is 112 cm³/mol. The SMILES string of the molecule is CC.COC(C)(OC)N(C)[C@H](C)C=N/C(=C\N(C)C)c1ccc(C)cc1. The molecule has 1 rings (SSSR count). The van der Waals surface area contributed by atoms with Gasteiger partial charge in [-0.3, -0.25) is 4.99 Å². The minimum atomic E-state index is -0.791. The van der Waals surface area contributed by atoms with Crippen LogP contribution in [0.1, 0.15) is 38.8 Å². The molecule has 0 heterocycles. The molecule has 26 heavy (non-hydrogen) atoms. The van der Waals surface area contributed by atoms with E-state index in [4.69, 9.17) is 14.5 Å². The van der Waals surface area contributed by atoms with Crippen molar-refractivity contribution in [2.24, 2.45) is 4.99 Å². The summed E-state index contributed by atoms with van der Waals surface area (Å²) in [5, 5.41) is 0. The zero-order valence-electron chi connectivity index (χ0n) is 18.2. The van der Waals surface area contributed by atoms with Gasteiger partial charge >= 0.3 is 0 Å². The van der Waals surface area contributed by atoms with Crippen LogP contribution < -0.4 is 0 Å². The highest BCUT2D eigenvalue weighted by atomic mass is 16.7. The van der Waals surface area contributed by atoms with Crippen molar-refractivity contribution in [2.45, 2.75) is 46.6 Å². The molecule has 0 fully saturated rings. The highest BCUT2D eigenvalue weighted by Gasteiger charge is 2.31. The minimum Gasteiger partial charge on any atom is -0.382 e. The Morgan fingerprint density at radius 3 is 2.00 bits per heavy atom. The molecular weight excluding hydrogens is 326 g/mol. The van der Waals surface area contributed by atoms with Gasteiger partial charge in [0.25, 0.3) is 0 Å². The van der Waals surface area contributed by atoms with Crippen molar-refractivity contribution in [2.75, 3.05) is 35.4 Å². The van der Waals surface area contributed by atoms with Crippen LogP contribution >= 0.6 is 0 Å². The molecule has 0 radical (unpaired) electrons. The fourth-order valence-corrected chi connectivity index (χ4v) is 2.18. The minimum absolute atomic E-state index is 0.0333. The molecule has 0 bridgehead atoms. The number of aliphatic imine (C=N–C) groups is 1. The molecule has 0 spiro atoms. The smallest absolute Gasteiger partial charge is 0.226 e. The molecule has 0 aliphatic carbocycles. The molecule has 0 unspecified atom stereocenters. The average molecular weight is 364 g/mol. The summed E-state index contributed by atoms with van der Waals surface area (Å²) in [4.78, 5) is 8.69. The first-order chi connectivity index (χ1) is 12.2. The first-order valence-corrected chi connectivity index (χ1v) is 9.06. The molecular formula is C21H37N3O2. The van der Waals surface area contributed by atoms with E-state index in [0.717, 1.165) is 11.3 Å². The van der Waals surface area contributed by atoms with Crippen LogP contribution in [0.15, 0.2) is 35.5 Å². The molecule has 0 aromatic heterocycles. The summed E-state index contributed by atoms with van der Waals surface area (Å²) in [6.07, 6.45) is 3.92. The lowest BCUT2D eigenvalue weighted by Gasteiger charge is -2.38. The van der Waals surface area contributed by atoms with Crippen LogP contribution in [0.5, 0.6) is 0 Å². The first kappa shape index (κ1) is 24.3. The summed E-state index contributed by atoms with van der Waals surface area (Å²) < 4.78 is 10.9. The predicted octanol–water partition coefficient (Wildman–Crippen LogP) is 4.24. The summed E-state index contributed by atoms with van der Waals surface area (Å²) in [6, 6.07) is 8.40. The maximum atomic E-state index is 5.46. The number of nitrogens with zero attached hydrogens (tertiary/aromatic N) is 3. The molecule has 0 aliphatic rings. The number of rotatable bonds is 8. The van der Waals surface area contributed by atoms with Crippen molar-refractivity contribution >= 4 is 11.9 Å². The second-order valence-electron chi connectivity index (χ2n) is 6.28. The maximum Gasteiger partial charge on any atom is 0.226 e. The number of hydrogen-bond donors (Lipinski definition) is 0. The van der Waals surface area contributed by atoms with E-state index >= 15 is 0 Å². The lowest BCUT2D eigenvalue weighted by molar-refractivity contribution is -0.280. The summed E-state index contributed by atoms with van der Waals surface area (Å²) in [7, 11) is 9.20. The molecule has 0 saturated heterocycles. The second kappa shape index (κ2) is 11.8. The van der Waals surface area contributed by atoms with Crippen molar-refractivity contribution in [3.63, 3.8) is 0 Å². The summed E-state index contributed by atoms with van der Waals surface area (Å²) >= 11 is 0. The molecule has 0 N–H and O–H groups in total. The normalized spacial score (nSPS) is 13.6. The standard InChI is InChI=1S/C19H31N3O2.C2H6/c1-15-9-11-17(12-10-15)18(14-21(4)5)20-13-16(2)22(6)19(3,23-7)24-8;1-2/h9-14,16H,1-8H3;1-2H3/b18-14-,20-13?;/t16-;/m1./s1. The Bertz CT molecular complexity index is 561. The van der Waals surface area contributed by atoms with Gasteiger partial charge in [0.15, 0.2) is 0 Å². The largest absolute Gasteiger partial charge is 0.382 e. The monoisotopic (exact) mass is 363 g/mol. The Morgan fingerprint density at radius 1 is 1.08 bits per heavy atom. The van der Waals surface area contributed by atoms with E-state index in [9.17, 15) is 0 Å².